The second-order valence-corrected chi connectivity index (χ2v) is 5.35. The average molecular weight is 348 g/mol. The average Bonchev–Trinajstić information content (AvgIpc) is 2.49. The molecule has 106 valence electrons. The Kier molecular flexibility index (Phi) is 3.70. The van der Waals surface area contributed by atoms with Crippen molar-refractivity contribution in [3.05, 3.63) is 75.0 Å². The Bertz CT molecular complexity index is 863. The van der Waals surface area contributed by atoms with Crippen molar-refractivity contribution in [2.45, 2.75) is 6.54 Å². The molecule has 4 nitrogen and oxygen atoms in total. The molecule has 0 aliphatic rings. The van der Waals surface area contributed by atoms with Crippen LogP contribution in [-0.2, 0) is 6.54 Å². The van der Waals surface area contributed by atoms with Gasteiger partial charge in [-0.1, -0.05) is 6.07 Å². The first-order chi connectivity index (χ1) is 10.1. The highest BCUT2D eigenvalue weighted by Crippen LogP contribution is 2.19. The lowest BCUT2D eigenvalue weighted by molar-refractivity contribution is 0.621. The monoisotopic (exact) mass is 347 g/mol. The van der Waals surface area contributed by atoms with E-state index in [1.54, 1.807) is 30.5 Å². The Morgan fingerprint density at radius 3 is 2.90 bits per heavy atom. The molecule has 6 heteroatoms. The Hall–Kier alpha value is -2.21. The van der Waals surface area contributed by atoms with E-state index < -0.39 is 0 Å². The molecule has 21 heavy (non-hydrogen) atoms. The van der Waals surface area contributed by atoms with Gasteiger partial charge in [-0.05, 0) is 46.3 Å². The highest BCUT2D eigenvalue weighted by molar-refractivity contribution is 9.10. The summed E-state index contributed by atoms with van der Waals surface area (Å²) >= 11 is 3.10. The van der Waals surface area contributed by atoms with Crippen LogP contribution in [0.4, 0.5) is 10.1 Å². The number of nitrogens with zero attached hydrogens (tertiary/aromatic N) is 2. The highest BCUT2D eigenvalue weighted by atomic mass is 79.9. The third-order valence-corrected chi connectivity index (χ3v) is 3.66. The van der Waals surface area contributed by atoms with E-state index in [0.717, 1.165) is 0 Å². The van der Waals surface area contributed by atoms with Gasteiger partial charge in [-0.15, -0.1) is 0 Å². The van der Waals surface area contributed by atoms with Crippen LogP contribution < -0.4 is 10.9 Å². The van der Waals surface area contributed by atoms with Gasteiger partial charge in [0.05, 0.1) is 16.7 Å². The summed E-state index contributed by atoms with van der Waals surface area (Å²) in [6.45, 7) is 0.349. The van der Waals surface area contributed by atoms with Crippen molar-refractivity contribution < 1.29 is 4.39 Å². The molecule has 3 aromatic rings. The summed E-state index contributed by atoms with van der Waals surface area (Å²) in [4.78, 5) is 16.3. The molecular formula is C15H11BrFN3O. The SMILES string of the molecule is O=c1cc(CNc2ccc(Br)c(F)c2)nc2ccccn12. The van der Waals surface area contributed by atoms with Crippen molar-refractivity contribution in [1.29, 1.82) is 0 Å². The number of fused-ring (bicyclic) bond motifs is 1. The minimum atomic E-state index is -0.341. The van der Waals surface area contributed by atoms with Crippen LogP contribution in [0.25, 0.3) is 5.65 Å². The molecule has 1 N–H and O–H groups in total. The molecule has 3 rings (SSSR count). The van der Waals surface area contributed by atoms with Crippen molar-refractivity contribution in [3.63, 3.8) is 0 Å². The highest BCUT2D eigenvalue weighted by Gasteiger charge is 2.03. The molecule has 0 saturated carbocycles. The molecule has 0 radical (unpaired) electrons. The lowest BCUT2D eigenvalue weighted by atomic mass is 10.3. The quantitative estimate of drug-likeness (QED) is 0.791. The summed E-state index contributed by atoms with van der Waals surface area (Å²) in [5, 5.41) is 3.05. The summed E-state index contributed by atoms with van der Waals surface area (Å²) < 4.78 is 15.3. The largest absolute Gasteiger partial charge is 0.379 e. The third kappa shape index (κ3) is 2.95. The molecule has 0 fully saturated rings. The topological polar surface area (TPSA) is 46.4 Å². The van der Waals surface area contributed by atoms with Crippen LogP contribution in [0, 0.1) is 5.82 Å². The number of hydrogen-bond donors (Lipinski definition) is 1. The maximum absolute atomic E-state index is 13.4. The van der Waals surface area contributed by atoms with E-state index in [2.05, 4.69) is 26.2 Å². The Morgan fingerprint density at radius 2 is 2.10 bits per heavy atom. The lowest BCUT2D eigenvalue weighted by Crippen LogP contribution is -2.16. The fourth-order valence-corrected chi connectivity index (χ4v) is 2.24. The zero-order valence-corrected chi connectivity index (χ0v) is 12.5. The lowest BCUT2D eigenvalue weighted by Gasteiger charge is -2.07. The predicted octanol–water partition coefficient (Wildman–Crippen LogP) is 3.21. The number of pyridine rings is 1. The standard InChI is InChI=1S/C15H11BrFN3O/c16-12-5-4-10(7-13(12)17)18-9-11-8-15(21)20-6-2-1-3-14(20)19-11/h1-8,18H,9H2. The maximum atomic E-state index is 13.4. The normalized spacial score (nSPS) is 10.8. The van der Waals surface area contributed by atoms with E-state index in [1.807, 2.05) is 6.07 Å². The van der Waals surface area contributed by atoms with Crippen LogP contribution in [0.2, 0.25) is 0 Å². The molecule has 2 aromatic heterocycles. The Labute approximate surface area is 128 Å². The van der Waals surface area contributed by atoms with Gasteiger partial charge in [-0.25, -0.2) is 9.37 Å². The molecule has 0 unspecified atom stereocenters. The van der Waals surface area contributed by atoms with Gasteiger partial charge in [0, 0.05) is 18.0 Å². The predicted molar refractivity (Wildman–Crippen MR) is 82.9 cm³/mol. The number of aromatic nitrogens is 2. The van der Waals surface area contributed by atoms with Crippen molar-refractivity contribution >= 4 is 27.3 Å². The van der Waals surface area contributed by atoms with E-state index in [4.69, 9.17) is 0 Å². The number of benzene rings is 1. The maximum Gasteiger partial charge on any atom is 0.258 e. The zero-order valence-electron chi connectivity index (χ0n) is 10.9. The first kappa shape index (κ1) is 13.8. The molecular weight excluding hydrogens is 337 g/mol. The van der Waals surface area contributed by atoms with E-state index in [-0.39, 0.29) is 11.4 Å². The van der Waals surface area contributed by atoms with Gasteiger partial charge in [0.25, 0.3) is 5.56 Å². The molecule has 0 bridgehead atoms. The van der Waals surface area contributed by atoms with Gasteiger partial charge in [0.2, 0.25) is 0 Å². The molecule has 0 saturated heterocycles. The summed E-state index contributed by atoms with van der Waals surface area (Å²) in [6.07, 6.45) is 1.67. The van der Waals surface area contributed by atoms with Crippen LogP contribution >= 0.6 is 15.9 Å². The van der Waals surface area contributed by atoms with E-state index >= 15 is 0 Å². The molecule has 1 aromatic carbocycles. The number of hydrogen-bond acceptors (Lipinski definition) is 3. The number of rotatable bonds is 3. The second-order valence-electron chi connectivity index (χ2n) is 4.50. The first-order valence-electron chi connectivity index (χ1n) is 6.30. The number of anilines is 1. The minimum Gasteiger partial charge on any atom is -0.379 e. The number of nitrogens with one attached hydrogen (secondary N) is 1. The molecule has 0 aliphatic heterocycles. The van der Waals surface area contributed by atoms with Gasteiger partial charge >= 0.3 is 0 Å². The van der Waals surface area contributed by atoms with Crippen LogP contribution in [0.3, 0.4) is 0 Å². The van der Waals surface area contributed by atoms with Gasteiger partial charge in [0.1, 0.15) is 11.5 Å². The molecule has 0 aliphatic carbocycles. The summed E-state index contributed by atoms with van der Waals surface area (Å²) in [5.74, 6) is -0.341. The van der Waals surface area contributed by atoms with Crippen LogP contribution in [0.15, 0.2) is 57.9 Å². The van der Waals surface area contributed by atoms with Gasteiger partial charge in [-0.2, -0.15) is 0 Å². The molecule has 2 heterocycles. The van der Waals surface area contributed by atoms with Crippen molar-refractivity contribution in [3.8, 4) is 0 Å². The third-order valence-electron chi connectivity index (χ3n) is 3.02. The van der Waals surface area contributed by atoms with Gasteiger partial charge in [0.15, 0.2) is 0 Å². The second kappa shape index (κ2) is 5.65. The van der Waals surface area contributed by atoms with Gasteiger partial charge in [-0.3, -0.25) is 9.20 Å². The van der Waals surface area contributed by atoms with E-state index in [0.29, 0.717) is 28.0 Å². The Balaban J connectivity index is 1.85. The molecule has 0 spiro atoms. The van der Waals surface area contributed by atoms with E-state index in [1.165, 1.54) is 16.5 Å². The minimum absolute atomic E-state index is 0.139. The molecule has 0 amide bonds. The number of halogens is 2. The van der Waals surface area contributed by atoms with Gasteiger partial charge < -0.3 is 5.32 Å². The van der Waals surface area contributed by atoms with Crippen molar-refractivity contribution in [2.75, 3.05) is 5.32 Å². The summed E-state index contributed by atoms with van der Waals surface area (Å²) in [6, 6.07) is 11.6. The van der Waals surface area contributed by atoms with E-state index in [9.17, 15) is 9.18 Å². The van der Waals surface area contributed by atoms with Crippen LogP contribution in [-0.4, -0.2) is 9.38 Å². The molecule has 0 atom stereocenters. The van der Waals surface area contributed by atoms with Crippen LogP contribution in [0.1, 0.15) is 5.69 Å². The van der Waals surface area contributed by atoms with Crippen LogP contribution in [0.5, 0.6) is 0 Å². The summed E-state index contributed by atoms with van der Waals surface area (Å²) in [7, 11) is 0. The fourth-order valence-electron chi connectivity index (χ4n) is 1.99. The Morgan fingerprint density at radius 1 is 1.24 bits per heavy atom. The van der Waals surface area contributed by atoms with Crippen molar-refractivity contribution in [1.82, 2.24) is 9.38 Å². The first-order valence-corrected chi connectivity index (χ1v) is 7.09. The smallest absolute Gasteiger partial charge is 0.258 e. The van der Waals surface area contributed by atoms with Crippen molar-refractivity contribution in [2.24, 2.45) is 0 Å². The zero-order chi connectivity index (χ0) is 14.8. The summed E-state index contributed by atoms with van der Waals surface area (Å²) in [5.41, 5.74) is 1.68. The fraction of sp³-hybridized carbons (Fsp3) is 0.0667.